The number of carboxylic acids is 1. The molecular formula is C14H24N2O5. The molecule has 0 spiro atoms. The molecule has 7 heteroatoms. The highest BCUT2D eigenvalue weighted by Gasteiger charge is 2.40. The van der Waals surface area contributed by atoms with Crippen molar-refractivity contribution in [3.05, 3.63) is 0 Å². The summed E-state index contributed by atoms with van der Waals surface area (Å²) in [6.45, 7) is 3.26. The van der Waals surface area contributed by atoms with E-state index < -0.39 is 23.5 Å². The largest absolute Gasteiger partial charge is 0.481 e. The fraction of sp³-hybridized carbons (Fsp3) is 0.857. The van der Waals surface area contributed by atoms with Crippen LogP contribution < -0.4 is 0 Å². The Morgan fingerprint density at radius 1 is 1.29 bits per heavy atom. The molecule has 7 nitrogen and oxygen atoms in total. The molecule has 0 aromatic heterocycles. The monoisotopic (exact) mass is 300 g/mol. The minimum atomic E-state index is -0.934. The summed E-state index contributed by atoms with van der Waals surface area (Å²) in [4.78, 5) is 26.9. The zero-order valence-electron chi connectivity index (χ0n) is 12.6. The third-order valence-electron chi connectivity index (χ3n) is 4.50. The standard InChI is InChI=1S/C14H24N2O5/c1-14(20)4-3-6-16(7-5-14)13(19)15(2)11-9-21-8-10(11)12(17)18/h10-11,20H,3-9H2,1-2H3,(H,17,18). The van der Waals surface area contributed by atoms with Crippen molar-refractivity contribution in [3.63, 3.8) is 0 Å². The van der Waals surface area contributed by atoms with Crippen LogP contribution in [-0.4, -0.2) is 77.0 Å². The summed E-state index contributed by atoms with van der Waals surface area (Å²) in [5.74, 6) is -1.61. The van der Waals surface area contributed by atoms with Crippen molar-refractivity contribution in [3.8, 4) is 0 Å². The molecular weight excluding hydrogens is 276 g/mol. The first-order valence-electron chi connectivity index (χ1n) is 7.36. The number of carboxylic acid groups (broad SMARTS) is 1. The van der Waals surface area contributed by atoms with Gasteiger partial charge in [-0.2, -0.15) is 0 Å². The average molecular weight is 300 g/mol. The van der Waals surface area contributed by atoms with Gasteiger partial charge in [0.15, 0.2) is 0 Å². The third kappa shape index (κ3) is 3.65. The van der Waals surface area contributed by atoms with Gasteiger partial charge in [-0.05, 0) is 26.2 Å². The minimum Gasteiger partial charge on any atom is -0.481 e. The summed E-state index contributed by atoms with van der Waals surface area (Å²) in [5.41, 5.74) is -0.729. The number of likely N-dealkylation sites (tertiary alicyclic amines) is 1. The number of ether oxygens (including phenoxy) is 1. The summed E-state index contributed by atoms with van der Waals surface area (Å²) in [7, 11) is 1.63. The number of carbonyl (C=O) groups is 2. The lowest BCUT2D eigenvalue weighted by atomic mass is 9.98. The summed E-state index contributed by atoms with van der Waals surface area (Å²) in [6, 6.07) is -0.617. The van der Waals surface area contributed by atoms with Crippen LogP contribution in [0, 0.1) is 5.92 Å². The molecule has 0 saturated carbocycles. The van der Waals surface area contributed by atoms with E-state index in [-0.39, 0.29) is 19.2 Å². The smallest absolute Gasteiger partial charge is 0.320 e. The number of likely N-dealkylation sites (N-methyl/N-ethyl adjacent to an activating group) is 1. The van der Waals surface area contributed by atoms with Crippen LogP contribution in [0.15, 0.2) is 0 Å². The number of carbonyl (C=O) groups excluding carboxylic acids is 1. The van der Waals surface area contributed by atoms with E-state index in [4.69, 9.17) is 4.74 Å². The molecule has 0 aromatic rings. The molecule has 2 aliphatic heterocycles. The van der Waals surface area contributed by atoms with Crippen molar-refractivity contribution in [2.45, 2.75) is 37.8 Å². The highest BCUT2D eigenvalue weighted by Crippen LogP contribution is 2.24. The predicted molar refractivity (Wildman–Crippen MR) is 74.9 cm³/mol. The second-order valence-corrected chi connectivity index (χ2v) is 6.28. The van der Waals surface area contributed by atoms with Gasteiger partial charge in [0.05, 0.1) is 24.9 Å². The first kappa shape index (κ1) is 16.0. The van der Waals surface area contributed by atoms with E-state index in [0.29, 0.717) is 25.9 Å². The van der Waals surface area contributed by atoms with Crippen molar-refractivity contribution in [2.24, 2.45) is 5.92 Å². The van der Waals surface area contributed by atoms with Crippen LogP contribution in [0.5, 0.6) is 0 Å². The van der Waals surface area contributed by atoms with Gasteiger partial charge in [-0.1, -0.05) is 0 Å². The van der Waals surface area contributed by atoms with Gasteiger partial charge in [0.2, 0.25) is 0 Å². The van der Waals surface area contributed by atoms with E-state index >= 15 is 0 Å². The number of aliphatic hydroxyl groups is 1. The Morgan fingerprint density at radius 2 is 2.00 bits per heavy atom. The van der Waals surface area contributed by atoms with Crippen molar-refractivity contribution >= 4 is 12.0 Å². The second-order valence-electron chi connectivity index (χ2n) is 6.28. The molecule has 2 rings (SSSR count). The molecule has 0 radical (unpaired) electrons. The fourth-order valence-electron chi connectivity index (χ4n) is 2.98. The molecule has 3 atom stereocenters. The highest BCUT2D eigenvalue weighted by molar-refractivity contribution is 5.77. The maximum atomic E-state index is 12.5. The van der Waals surface area contributed by atoms with Gasteiger partial charge < -0.3 is 24.7 Å². The number of hydrogen-bond acceptors (Lipinski definition) is 4. The lowest BCUT2D eigenvalue weighted by Crippen LogP contribution is -2.50. The van der Waals surface area contributed by atoms with Crippen LogP contribution >= 0.6 is 0 Å². The van der Waals surface area contributed by atoms with Crippen molar-refractivity contribution in [1.29, 1.82) is 0 Å². The van der Waals surface area contributed by atoms with Crippen molar-refractivity contribution in [1.82, 2.24) is 9.80 Å². The maximum Gasteiger partial charge on any atom is 0.320 e. The Morgan fingerprint density at radius 3 is 2.67 bits per heavy atom. The molecule has 2 heterocycles. The normalized spacial score (nSPS) is 33.6. The van der Waals surface area contributed by atoms with E-state index in [1.54, 1.807) is 18.9 Å². The van der Waals surface area contributed by atoms with E-state index in [2.05, 4.69) is 0 Å². The Balaban J connectivity index is 2.00. The SMILES string of the molecule is CN(C(=O)N1CCCC(C)(O)CC1)C1COCC1C(=O)O. The first-order valence-corrected chi connectivity index (χ1v) is 7.36. The zero-order valence-corrected chi connectivity index (χ0v) is 12.6. The van der Waals surface area contributed by atoms with Gasteiger partial charge in [-0.3, -0.25) is 4.79 Å². The Kier molecular flexibility index (Phi) is 4.73. The molecule has 0 bridgehead atoms. The molecule has 0 aliphatic carbocycles. The van der Waals surface area contributed by atoms with Crippen LogP contribution in [0.25, 0.3) is 0 Å². The quantitative estimate of drug-likeness (QED) is 0.769. The summed E-state index contributed by atoms with van der Waals surface area (Å²) >= 11 is 0. The maximum absolute atomic E-state index is 12.5. The van der Waals surface area contributed by atoms with E-state index in [0.717, 1.165) is 6.42 Å². The van der Waals surface area contributed by atoms with Crippen LogP contribution in [0.4, 0.5) is 4.79 Å². The molecule has 2 fully saturated rings. The molecule has 2 aliphatic rings. The lowest BCUT2D eigenvalue weighted by Gasteiger charge is -2.32. The lowest BCUT2D eigenvalue weighted by molar-refractivity contribution is -0.142. The molecule has 2 N–H and O–H groups in total. The molecule has 120 valence electrons. The Bertz CT molecular complexity index is 412. The van der Waals surface area contributed by atoms with Gasteiger partial charge in [0.1, 0.15) is 5.92 Å². The fourth-order valence-corrected chi connectivity index (χ4v) is 2.98. The summed E-state index contributed by atoms with van der Waals surface area (Å²) < 4.78 is 5.21. The number of nitrogens with zero attached hydrogens (tertiary/aromatic N) is 2. The van der Waals surface area contributed by atoms with Crippen molar-refractivity contribution in [2.75, 3.05) is 33.4 Å². The molecule has 21 heavy (non-hydrogen) atoms. The van der Waals surface area contributed by atoms with Crippen LogP contribution in [0.2, 0.25) is 0 Å². The van der Waals surface area contributed by atoms with E-state index in [1.807, 2.05) is 0 Å². The summed E-state index contributed by atoms with van der Waals surface area (Å²) in [6.07, 6.45) is 1.96. The van der Waals surface area contributed by atoms with Crippen LogP contribution in [0.1, 0.15) is 26.2 Å². The van der Waals surface area contributed by atoms with Gasteiger partial charge in [0, 0.05) is 20.1 Å². The number of hydrogen-bond donors (Lipinski definition) is 2. The van der Waals surface area contributed by atoms with Gasteiger partial charge >= 0.3 is 12.0 Å². The van der Waals surface area contributed by atoms with E-state index in [1.165, 1.54) is 4.90 Å². The average Bonchev–Trinajstić information content (AvgIpc) is 2.83. The number of amides is 2. The van der Waals surface area contributed by atoms with Gasteiger partial charge in [0.25, 0.3) is 0 Å². The molecule has 2 saturated heterocycles. The van der Waals surface area contributed by atoms with Crippen molar-refractivity contribution < 1.29 is 24.5 Å². The zero-order chi connectivity index (χ0) is 15.6. The predicted octanol–water partition coefficient (Wildman–Crippen LogP) is 0.375. The third-order valence-corrected chi connectivity index (χ3v) is 4.50. The van der Waals surface area contributed by atoms with Gasteiger partial charge in [-0.15, -0.1) is 0 Å². The van der Waals surface area contributed by atoms with E-state index in [9.17, 15) is 19.8 Å². The molecule has 3 unspecified atom stereocenters. The first-order chi connectivity index (χ1) is 9.82. The topological polar surface area (TPSA) is 90.3 Å². The van der Waals surface area contributed by atoms with Crippen LogP contribution in [0.3, 0.4) is 0 Å². The Labute approximate surface area is 124 Å². The molecule has 2 amide bonds. The Hall–Kier alpha value is -1.34. The number of urea groups is 1. The summed E-state index contributed by atoms with van der Waals surface area (Å²) in [5, 5.41) is 19.2. The second kappa shape index (κ2) is 6.19. The minimum absolute atomic E-state index is 0.145. The number of aliphatic carboxylic acids is 1. The highest BCUT2D eigenvalue weighted by atomic mass is 16.5. The molecule has 0 aromatic carbocycles. The number of rotatable bonds is 2. The van der Waals surface area contributed by atoms with Gasteiger partial charge in [-0.25, -0.2) is 4.79 Å². The van der Waals surface area contributed by atoms with Crippen LogP contribution in [-0.2, 0) is 9.53 Å².